The van der Waals surface area contributed by atoms with Crippen molar-refractivity contribution in [3.8, 4) is 11.4 Å². The lowest BCUT2D eigenvalue weighted by molar-refractivity contribution is 0.235. The first kappa shape index (κ1) is 27.2. The van der Waals surface area contributed by atoms with Gasteiger partial charge in [-0.3, -0.25) is 9.36 Å². The van der Waals surface area contributed by atoms with Crippen molar-refractivity contribution in [2.24, 2.45) is 0 Å². The zero-order chi connectivity index (χ0) is 28.4. The van der Waals surface area contributed by atoms with E-state index >= 15 is 0 Å². The molecule has 2 amide bonds. The van der Waals surface area contributed by atoms with Gasteiger partial charge >= 0.3 is 6.03 Å². The van der Waals surface area contributed by atoms with Gasteiger partial charge in [-0.1, -0.05) is 59.6 Å². The third-order valence-electron chi connectivity index (χ3n) is 6.51. The summed E-state index contributed by atoms with van der Waals surface area (Å²) in [6.07, 6.45) is 1.83. The number of aromatic amines is 1. The number of aromatic nitrogens is 3. The normalized spacial score (nSPS) is 11.9. The number of carbonyl (C=O) groups excluding carboxylic acids is 1. The number of hydrogen-bond donors (Lipinski definition) is 4. The van der Waals surface area contributed by atoms with Crippen LogP contribution < -0.4 is 16.2 Å². The molecular formula is C29H24Cl2FN5O3. The summed E-state index contributed by atoms with van der Waals surface area (Å²) in [6.45, 7) is 1.64. The molecule has 3 aromatic carbocycles. The minimum absolute atomic E-state index is 0.117. The molecule has 0 aliphatic carbocycles. The second-order valence-corrected chi connectivity index (χ2v) is 10.0. The van der Waals surface area contributed by atoms with E-state index in [2.05, 4.69) is 20.6 Å². The van der Waals surface area contributed by atoms with Crippen molar-refractivity contribution in [1.29, 1.82) is 0 Å². The van der Waals surface area contributed by atoms with Crippen LogP contribution in [0, 0.1) is 12.7 Å². The molecular weight excluding hydrogens is 556 g/mol. The zero-order valence-electron chi connectivity index (χ0n) is 21.2. The van der Waals surface area contributed by atoms with Gasteiger partial charge < -0.3 is 20.7 Å². The molecule has 1 atom stereocenters. The van der Waals surface area contributed by atoms with E-state index in [1.54, 1.807) is 35.8 Å². The molecule has 0 fully saturated rings. The predicted octanol–water partition coefficient (Wildman–Crippen LogP) is 5.96. The van der Waals surface area contributed by atoms with Crippen molar-refractivity contribution < 1.29 is 14.3 Å². The van der Waals surface area contributed by atoms with Crippen molar-refractivity contribution in [2.45, 2.75) is 25.9 Å². The Hall–Kier alpha value is -4.34. The first-order valence-electron chi connectivity index (χ1n) is 12.3. The highest BCUT2D eigenvalue weighted by atomic mass is 35.5. The minimum Gasteiger partial charge on any atom is -0.507 e. The van der Waals surface area contributed by atoms with Crippen LogP contribution in [0.3, 0.4) is 0 Å². The van der Waals surface area contributed by atoms with E-state index in [9.17, 15) is 19.1 Å². The van der Waals surface area contributed by atoms with Crippen LogP contribution in [0.25, 0.3) is 16.6 Å². The number of H-pyrrole nitrogens is 1. The number of urea groups is 1. The monoisotopic (exact) mass is 579 g/mol. The summed E-state index contributed by atoms with van der Waals surface area (Å²) in [5.41, 5.74) is 2.40. The second-order valence-electron chi connectivity index (χ2n) is 9.25. The number of rotatable bonds is 7. The lowest BCUT2D eigenvalue weighted by atomic mass is 10.0. The Balaban J connectivity index is 1.48. The Morgan fingerprint density at radius 3 is 2.67 bits per heavy atom. The Kier molecular flexibility index (Phi) is 7.77. The first-order valence-corrected chi connectivity index (χ1v) is 13.1. The van der Waals surface area contributed by atoms with E-state index in [0.717, 1.165) is 11.6 Å². The molecule has 11 heteroatoms. The van der Waals surface area contributed by atoms with Crippen molar-refractivity contribution >= 4 is 40.1 Å². The third-order valence-corrected chi connectivity index (χ3v) is 7.31. The summed E-state index contributed by atoms with van der Waals surface area (Å²) in [5.74, 6) is -0.272. The van der Waals surface area contributed by atoms with Crippen molar-refractivity contribution in [1.82, 2.24) is 25.2 Å². The number of aryl methyl sites for hydroxylation is 1. The Morgan fingerprint density at radius 2 is 1.90 bits per heavy atom. The molecule has 0 radical (unpaired) electrons. The van der Waals surface area contributed by atoms with E-state index in [1.807, 2.05) is 30.3 Å². The maximum atomic E-state index is 14.4. The Morgan fingerprint density at radius 1 is 1.12 bits per heavy atom. The second kappa shape index (κ2) is 11.4. The van der Waals surface area contributed by atoms with E-state index in [1.165, 1.54) is 12.3 Å². The van der Waals surface area contributed by atoms with E-state index in [0.29, 0.717) is 34.4 Å². The fourth-order valence-electron chi connectivity index (χ4n) is 4.52. The molecule has 0 aliphatic heterocycles. The number of halogens is 3. The van der Waals surface area contributed by atoms with Crippen LogP contribution in [-0.2, 0) is 13.0 Å². The van der Waals surface area contributed by atoms with Crippen LogP contribution in [0.5, 0.6) is 5.75 Å². The fraction of sp³-hybridized carbons (Fsp3) is 0.138. The average molecular weight is 580 g/mol. The Bertz CT molecular complexity index is 1770. The van der Waals surface area contributed by atoms with Gasteiger partial charge in [-0.2, -0.15) is 0 Å². The molecule has 40 heavy (non-hydrogen) atoms. The van der Waals surface area contributed by atoms with E-state index in [-0.39, 0.29) is 28.0 Å². The maximum Gasteiger partial charge on any atom is 0.315 e. The van der Waals surface area contributed by atoms with Crippen molar-refractivity contribution in [3.05, 3.63) is 122 Å². The first-order chi connectivity index (χ1) is 19.2. The van der Waals surface area contributed by atoms with Gasteiger partial charge in [0.15, 0.2) is 0 Å². The topological polar surface area (TPSA) is 112 Å². The van der Waals surface area contributed by atoms with Crippen LogP contribution in [0.15, 0.2) is 77.7 Å². The number of pyridine rings is 1. The molecule has 5 rings (SSSR count). The molecule has 204 valence electrons. The quantitative estimate of drug-likeness (QED) is 0.190. The van der Waals surface area contributed by atoms with Gasteiger partial charge in [0.1, 0.15) is 22.5 Å². The molecule has 1 unspecified atom stereocenters. The minimum atomic E-state index is -0.660. The highest BCUT2D eigenvalue weighted by Crippen LogP contribution is 2.30. The Labute approximate surface area is 238 Å². The number of aromatic hydroxyl groups is 1. The molecule has 2 heterocycles. The van der Waals surface area contributed by atoms with Crippen molar-refractivity contribution in [3.63, 3.8) is 0 Å². The molecule has 0 saturated carbocycles. The van der Waals surface area contributed by atoms with Crippen LogP contribution >= 0.6 is 23.2 Å². The summed E-state index contributed by atoms with van der Waals surface area (Å²) < 4.78 is 16.0. The van der Waals surface area contributed by atoms with E-state index in [4.69, 9.17) is 23.2 Å². The number of imidazole rings is 1. The summed E-state index contributed by atoms with van der Waals surface area (Å²) in [7, 11) is 0. The van der Waals surface area contributed by atoms with Crippen LogP contribution in [0.4, 0.5) is 9.18 Å². The van der Waals surface area contributed by atoms with Gasteiger partial charge in [0.05, 0.1) is 22.8 Å². The molecule has 4 N–H and O–H groups in total. The summed E-state index contributed by atoms with van der Waals surface area (Å²) in [5, 5.41) is 16.9. The number of amides is 2. The van der Waals surface area contributed by atoms with Crippen LogP contribution in [-0.4, -0.2) is 25.7 Å². The fourth-order valence-corrected chi connectivity index (χ4v) is 4.97. The molecule has 2 aromatic heterocycles. The molecule has 0 bridgehead atoms. The van der Waals surface area contributed by atoms with Crippen LogP contribution in [0.2, 0.25) is 10.2 Å². The maximum absolute atomic E-state index is 14.4. The van der Waals surface area contributed by atoms with Gasteiger partial charge in [0, 0.05) is 29.2 Å². The lowest BCUT2D eigenvalue weighted by Gasteiger charge is -2.21. The average Bonchev–Trinajstić information content (AvgIpc) is 3.32. The van der Waals surface area contributed by atoms with E-state index < -0.39 is 23.4 Å². The standard InChI is InChI=1S/C29H24Cl2FN5O3/c1-16-7-9-21(32)20(27(16)31)14-34-29(40)36-23(11-17-5-3-2-4-6-17)28-33-15-25(30)37(28)18-8-10-22-19(12-18)24(38)13-26(39)35-22/h2-10,12-13,15,23H,11,14H2,1H3,(H2,34,36,40)(H2,35,38,39). The van der Waals surface area contributed by atoms with Crippen molar-refractivity contribution in [2.75, 3.05) is 0 Å². The highest BCUT2D eigenvalue weighted by molar-refractivity contribution is 6.32. The smallest absolute Gasteiger partial charge is 0.315 e. The van der Waals surface area contributed by atoms with Gasteiger partial charge in [0.25, 0.3) is 5.56 Å². The number of nitrogens with one attached hydrogen (secondary N) is 3. The molecule has 0 aliphatic rings. The van der Waals surface area contributed by atoms with Gasteiger partial charge in [0.2, 0.25) is 0 Å². The van der Waals surface area contributed by atoms with Gasteiger partial charge in [-0.15, -0.1) is 0 Å². The molecule has 0 spiro atoms. The number of fused-ring (bicyclic) bond motifs is 1. The third kappa shape index (κ3) is 5.66. The predicted molar refractivity (Wildman–Crippen MR) is 153 cm³/mol. The number of hydrogen-bond acceptors (Lipinski definition) is 4. The number of carbonyl (C=O) groups is 1. The summed E-state index contributed by atoms with van der Waals surface area (Å²) >= 11 is 12.8. The van der Waals surface area contributed by atoms with Crippen LogP contribution in [0.1, 0.15) is 28.6 Å². The molecule has 5 aromatic rings. The largest absolute Gasteiger partial charge is 0.507 e. The lowest BCUT2D eigenvalue weighted by Crippen LogP contribution is -2.39. The van der Waals surface area contributed by atoms with Gasteiger partial charge in [-0.05, 0) is 48.7 Å². The number of benzene rings is 3. The van der Waals surface area contributed by atoms with Gasteiger partial charge in [-0.25, -0.2) is 14.2 Å². The molecule has 0 saturated heterocycles. The summed E-state index contributed by atoms with van der Waals surface area (Å²) in [6, 6.07) is 17.3. The highest BCUT2D eigenvalue weighted by Gasteiger charge is 2.24. The number of nitrogens with zero attached hydrogens (tertiary/aromatic N) is 2. The summed E-state index contributed by atoms with van der Waals surface area (Å²) in [4.78, 5) is 32.0. The SMILES string of the molecule is Cc1ccc(F)c(CNC(=O)NC(Cc2ccccc2)c2ncc(Cl)n2-c2ccc3[nH]c(=O)cc(O)c3c2)c1Cl. The zero-order valence-corrected chi connectivity index (χ0v) is 22.7. The molecule has 8 nitrogen and oxygen atoms in total.